The zero-order valence-electron chi connectivity index (χ0n) is 17.5. The van der Waals surface area contributed by atoms with Crippen molar-refractivity contribution in [1.29, 1.82) is 0 Å². The molecule has 3 rings (SSSR count). The van der Waals surface area contributed by atoms with Crippen LogP contribution in [0.4, 0.5) is 15.3 Å². The first kappa shape index (κ1) is 21.6. The van der Waals surface area contributed by atoms with Gasteiger partial charge in [0.1, 0.15) is 11.6 Å². The third kappa shape index (κ3) is 5.28. The Kier molecular flexibility index (Phi) is 6.28. The Bertz CT molecular complexity index is 812. The number of carbonyl (C=O) groups excluding carboxylic acids is 4. The summed E-state index contributed by atoms with van der Waals surface area (Å²) in [5.41, 5.74) is -0.0870. The fraction of sp³-hybridized carbons (Fsp3) is 0.524. The van der Waals surface area contributed by atoms with Crippen molar-refractivity contribution in [3.05, 3.63) is 30.3 Å². The summed E-state index contributed by atoms with van der Waals surface area (Å²) in [6, 6.07) is 7.16. The molecular weight excluding hydrogens is 388 g/mol. The number of alkyl carbamates (subject to hydrolysis) is 1. The standard InChI is InChI=1S/C21H28N4O5/c1-21(2,3)30-20(29)22-14-9-11-24(12-10-14)17(26)13-16-18(27)25(19(28)23-16)15-7-5-4-6-8-15/h4-8,14,16H,9-13H2,1-3H3,(H,22,29)(H,23,28)/t16-/m1/s1. The van der Waals surface area contributed by atoms with Crippen LogP contribution in [0.15, 0.2) is 30.3 Å². The number of nitrogens with one attached hydrogen (secondary N) is 2. The lowest BCUT2D eigenvalue weighted by Gasteiger charge is -2.33. The molecule has 2 saturated heterocycles. The van der Waals surface area contributed by atoms with Gasteiger partial charge in [-0.05, 0) is 45.7 Å². The number of benzene rings is 1. The van der Waals surface area contributed by atoms with Crippen LogP contribution in [0, 0.1) is 0 Å². The van der Waals surface area contributed by atoms with Gasteiger partial charge in [-0.1, -0.05) is 18.2 Å². The molecule has 0 bridgehead atoms. The molecule has 0 saturated carbocycles. The average Bonchev–Trinajstić information content (AvgIpc) is 2.94. The number of nitrogens with zero attached hydrogens (tertiary/aromatic N) is 2. The van der Waals surface area contributed by atoms with Crippen LogP contribution in [-0.2, 0) is 14.3 Å². The highest BCUT2D eigenvalue weighted by Crippen LogP contribution is 2.21. The third-order valence-electron chi connectivity index (χ3n) is 4.98. The summed E-state index contributed by atoms with van der Waals surface area (Å²) in [5, 5.41) is 5.42. The van der Waals surface area contributed by atoms with Gasteiger partial charge in [-0.3, -0.25) is 9.59 Å². The van der Waals surface area contributed by atoms with Gasteiger partial charge < -0.3 is 20.3 Å². The molecule has 1 aromatic carbocycles. The van der Waals surface area contributed by atoms with Crippen molar-refractivity contribution in [2.24, 2.45) is 0 Å². The van der Waals surface area contributed by atoms with E-state index >= 15 is 0 Å². The first-order valence-electron chi connectivity index (χ1n) is 10.1. The Balaban J connectivity index is 1.49. The van der Waals surface area contributed by atoms with Gasteiger partial charge in [-0.25, -0.2) is 14.5 Å². The molecular formula is C21H28N4O5. The number of urea groups is 1. The second-order valence-corrected chi connectivity index (χ2v) is 8.52. The first-order chi connectivity index (χ1) is 14.1. The minimum absolute atomic E-state index is 0.0645. The van der Waals surface area contributed by atoms with Crippen LogP contribution in [0.3, 0.4) is 0 Å². The summed E-state index contributed by atoms with van der Waals surface area (Å²) in [5.74, 6) is -0.625. The van der Waals surface area contributed by atoms with E-state index in [9.17, 15) is 19.2 Å². The van der Waals surface area contributed by atoms with Gasteiger partial charge in [0.2, 0.25) is 5.91 Å². The number of para-hydroxylation sites is 1. The van der Waals surface area contributed by atoms with Crippen LogP contribution in [-0.4, -0.2) is 59.6 Å². The molecule has 5 amide bonds. The fourth-order valence-electron chi connectivity index (χ4n) is 3.54. The number of hydrogen-bond acceptors (Lipinski definition) is 5. The average molecular weight is 416 g/mol. The van der Waals surface area contributed by atoms with Crippen LogP contribution in [0.25, 0.3) is 0 Å². The van der Waals surface area contributed by atoms with Gasteiger partial charge in [-0.15, -0.1) is 0 Å². The maximum Gasteiger partial charge on any atom is 0.407 e. The number of rotatable bonds is 4. The molecule has 2 heterocycles. The van der Waals surface area contributed by atoms with E-state index in [1.54, 1.807) is 56.0 Å². The number of amides is 5. The molecule has 1 atom stereocenters. The van der Waals surface area contributed by atoms with E-state index in [-0.39, 0.29) is 18.4 Å². The lowest BCUT2D eigenvalue weighted by atomic mass is 10.0. The number of piperidine rings is 1. The number of ether oxygens (including phenoxy) is 1. The molecule has 9 heteroatoms. The summed E-state index contributed by atoms with van der Waals surface area (Å²) < 4.78 is 5.26. The van der Waals surface area contributed by atoms with Crippen molar-refractivity contribution in [2.75, 3.05) is 18.0 Å². The van der Waals surface area contributed by atoms with Crippen LogP contribution in [0.5, 0.6) is 0 Å². The molecule has 0 aliphatic carbocycles. The van der Waals surface area contributed by atoms with Crippen LogP contribution >= 0.6 is 0 Å². The van der Waals surface area contributed by atoms with Gasteiger partial charge in [0.25, 0.3) is 5.91 Å². The highest BCUT2D eigenvalue weighted by Gasteiger charge is 2.41. The Morgan fingerprint density at radius 2 is 1.77 bits per heavy atom. The molecule has 2 aliphatic heterocycles. The zero-order chi connectivity index (χ0) is 21.9. The summed E-state index contributed by atoms with van der Waals surface area (Å²) in [7, 11) is 0. The van der Waals surface area contributed by atoms with Crippen molar-refractivity contribution >= 4 is 29.6 Å². The minimum atomic E-state index is -0.872. The van der Waals surface area contributed by atoms with Crippen molar-refractivity contribution in [2.45, 2.75) is 57.7 Å². The molecule has 2 aliphatic rings. The van der Waals surface area contributed by atoms with E-state index in [0.717, 1.165) is 4.90 Å². The van der Waals surface area contributed by atoms with E-state index in [2.05, 4.69) is 10.6 Å². The van der Waals surface area contributed by atoms with Crippen molar-refractivity contribution < 1.29 is 23.9 Å². The van der Waals surface area contributed by atoms with Crippen molar-refractivity contribution in [1.82, 2.24) is 15.5 Å². The molecule has 30 heavy (non-hydrogen) atoms. The van der Waals surface area contributed by atoms with Crippen LogP contribution in [0.1, 0.15) is 40.0 Å². The Hall–Kier alpha value is -3.10. The number of likely N-dealkylation sites (tertiary alicyclic amines) is 1. The van der Waals surface area contributed by atoms with Crippen molar-refractivity contribution in [3.8, 4) is 0 Å². The molecule has 162 valence electrons. The predicted molar refractivity (Wildman–Crippen MR) is 110 cm³/mol. The normalized spacial score (nSPS) is 20.2. The summed E-state index contributed by atoms with van der Waals surface area (Å²) in [6.07, 6.45) is 0.656. The summed E-state index contributed by atoms with van der Waals surface area (Å²) >= 11 is 0. The molecule has 0 spiro atoms. The van der Waals surface area contributed by atoms with E-state index in [1.165, 1.54) is 0 Å². The van der Waals surface area contributed by atoms with E-state index in [1.807, 2.05) is 0 Å². The lowest BCUT2D eigenvalue weighted by Crippen LogP contribution is -2.48. The largest absolute Gasteiger partial charge is 0.444 e. The van der Waals surface area contributed by atoms with E-state index < -0.39 is 29.7 Å². The van der Waals surface area contributed by atoms with Crippen LogP contribution in [0.2, 0.25) is 0 Å². The number of imide groups is 1. The molecule has 2 N–H and O–H groups in total. The minimum Gasteiger partial charge on any atom is -0.444 e. The van der Waals surface area contributed by atoms with E-state index in [4.69, 9.17) is 4.74 Å². The zero-order valence-corrected chi connectivity index (χ0v) is 17.5. The molecule has 0 aromatic heterocycles. The molecule has 0 radical (unpaired) electrons. The monoisotopic (exact) mass is 416 g/mol. The lowest BCUT2D eigenvalue weighted by molar-refractivity contribution is -0.134. The molecule has 9 nitrogen and oxygen atoms in total. The Morgan fingerprint density at radius 3 is 2.37 bits per heavy atom. The maximum absolute atomic E-state index is 12.7. The van der Waals surface area contributed by atoms with Gasteiger partial charge in [0.15, 0.2) is 0 Å². The number of hydrogen-bond donors (Lipinski definition) is 2. The smallest absolute Gasteiger partial charge is 0.407 e. The highest BCUT2D eigenvalue weighted by atomic mass is 16.6. The topological polar surface area (TPSA) is 108 Å². The van der Waals surface area contributed by atoms with Gasteiger partial charge in [-0.2, -0.15) is 0 Å². The van der Waals surface area contributed by atoms with Crippen molar-refractivity contribution in [3.63, 3.8) is 0 Å². The van der Waals surface area contributed by atoms with Crippen LogP contribution < -0.4 is 15.5 Å². The molecule has 1 aromatic rings. The number of carbonyl (C=O) groups is 4. The highest BCUT2D eigenvalue weighted by molar-refractivity contribution is 6.22. The second-order valence-electron chi connectivity index (χ2n) is 8.52. The Morgan fingerprint density at radius 1 is 1.13 bits per heavy atom. The first-order valence-corrected chi connectivity index (χ1v) is 10.1. The van der Waals surface area contributed by atoms with Gasteiger partial charge >= 0.3 is 12.1 Å². The SMILES string of the molecule is CC(C)(C)OC(=O)NC1CCN(C(=O)C[C@H]2NC(=O)N(c3ccccc3)C2=O)CC1. The fourth-order valence-corrected chi connectivity index (χ4v) is 3.54. The molecule has 0 unspecified atom stereocenters. The van der Waals surface area contributed by atoms with Gasteiger partial charge in [0.05, 0.1) is 12.1 Å². The Labute approximate surface area is 175 Å². The summed E-state index contributed by atoms with van der Waals surface area (Å²) in [4.78, 5) is 52.1. The maximum atomic E-state index is 12.7. The second kappa shape index (κ2) is 8.73. The quantitative estimate of drug-likeness (QED) is 0.730. The van der Waals surface area contributed by atoms with E-state index in [0.29, 0.717) is 31.6 Å². The predicted octanol–water partition coefficient (Wildman–Crippen LogP) is 2.02. The molecule has 2 fully saturated rings. The van der Waals surface area contributed by atoms with Gasteiger partial charge in [0, 0.05) is 19.1 Å². The summed E-state index contributed by atoms with van der Waals surface area (Å²) in [6.45, 7) is 6.34. The third-order valence-corrected chi connectivity index (χ3v) is 4.98. The number of anilines is 1.